The van der Waals surface area contributed by atoms with E-state index >= 15 is 0 Å². The van der Waals surface area contributed by atoms with Crippen LogP contribution < -0.4 is 10.6 Å². The van der Waals surface area contributed by atoms with E-state index in [1.807, 2.05) is 6.92 Å². The minimum absolute atomic E-state index is 0.0317. The minimum atomic E-state index is -0.820. The third-order valence-corrected chi connectivity index (χ3v) is 3.83. The van der Waals surface area contributed by atoms with Gasteiger partial charge in [0.2, 0.25) is 0 Å². The van der Waals surface area contributed by atoms with Crippen molar-refractivity contribution in [1.82, 2.24) is 10.6 Å². The summed E-state index contributed by atoms with van der Waals surface area (Å²) in [5, 5.41) is 14.7. The Bertz CT molecular complexity index is 352. The zero-order valence-electron chi connectivity index (χ0n) is 13.3. The van der Waals surface area contributed by atoms with Gasteiger partial charge in [0, 0.05) is 31.7 Å². The first-order valence-electron chi connectivity index (χ1n) is 7.66. The van der Waals surface area contributed by atoms with E-state index in [0.29, 0.717) is 25.7 Å². The maximum atomic E-state index is 12.0. The number of carbonyl (C=O) groups excluding carboxylic acids is 1. The Morgan fingerprint density at radius 3 is 2.43 bits per heavy atom. The van der Waals surface area contributed by atoms with E-state index in [4.69, 9.17) is 9.84 Å². The van der Waals surface area contributed by atoms with Gasteiger partial charge in [-0.2, -0.15) is 0 Å². The van der Waals surface area contributed by atoms with Crippen LogP contribution in [0, 0.1) is 11.8 Å². The molecule has 0 unspecified atom stereocenters. The van der Waals surface area contributed by atoms with Gasteiger partial charge in [0.15, 0.2) is 0 Å². The van der Waals surface area contributed by atoms with Crippen molar-refractivity contribution in [1.29, 1.82) is 0 Å². The smallest absolute Gasteiger partial charge is 0.315 e. The second-order valence-corrected chi connectivity index (χ2v) is 6.60. The molecule has 0 bridgehead atoms. The van der Waals surface area contributed by atoms with Crippen molar-refractivity contribution in [2.75, 3.05) is 19.8 Å². The predicted octanol–water partition coefficient (Wildman–Crippen LogP) is 1.99. The van der Waals surface area contributed by atoms with Gasteiger partial charge in [0.05, 0.1) is 0 Å². The van der Waals surface area contributed by atoms with Gasteiger partial charge in [-0.3, -0.25) is 4.79 Å². The Balaban J connectivity index is 2.39. The van der Waals surface area contributed by atoms with E-state index in [-0.39, 0.29) is 23.9 Å². The van der Waals surface area contributed by atoms with E-state index in [9.17, 15) is 9.59 Å². The lowest BCUT2D eigenvalue weighted by Crippen LogP contribution is -2.53. The first kappa shape index (κ1) is 17.8. The normalized spacial score (nSPS) is 19.0. The quantitative estimate of drug-likeness (QED) is 0.671. The molecule has 0 saturated carbocycles. The number of rotatable bonds is 7. The average Bonchev–Trinajstić information content (AvgIpc) is 2.35. The summed E-state index contributed by atoms with van der Waals surface area (Å²) in [5.41, 5.74) is -0.233. The number of aliphatic carboxylic acids is 1. The van der Waals surface area contributed by atoms with Crippen LogP contribution in [-0.4, -0.2) is 42.4 Å². The molecule has 0 aromatic carbocycles. The molecule has 0 aliphatic carbocycles. The van der Waals surface area contributed by atoms with Gasteiger partial charge >= 0.3 is 12.0 Å². The van der Waals surface area contributed by atoms with Crippen LogP contribution in [0.1, 0.15) is 46.5 Å². The molecule has 1 heterocycles. The summed E-state index contributed by atoms with van der Waals surface area (Å²) in [5.74, 6) is -0.442. The summed E-state index contributed by atoms with van der Waals surface area (Å²) in [4.78, 5) is 22.8. The van der Waals surface area contributed by atoms with Crippen LogP contribution in [0.5, 0.6) is 0 Å². The molecule has 1 aliphatic heterocycles. The molecule has 2 amide bonds. The Hall–Kier alpha value is -1.30. The fraction of sp³-hybridized carbons (Fsp3) is 0.867. The van der Waals surface area contributed by atoms with Gasteiger partial charge < -0.3 is 20.5 Å². The molecular weight excluding hydrogens is 272 g/mol. The van der Waals surface area contributed by atoms with Crippen LogP contribution in [0.3, 0.4) is 0 Å². The number of ether oxygens (including phenoxy) is 1. The van der Waals surface area contributed by atoms with Crippen LogP contribution in [-0.2, 0) is 9.53 Å². The standard InChI is InChI=1S/C15H28N2O4/c1-11(2)8-12(9-13(18)19)10-16-14(20)17-15(3)4-6-21-7-5-15/h11-12H,4-10H2,1-3H3,(H,18,19)(H2,16,17,20)/t12-/m0/s1. The minimum Gasteiger partial charge on any atom is -0.481 e. The molecule has 0 spiro atoms. The zero-order valence-corrected chi connectivity index (χ0v) is 13.3. The fourth-order valence-corrected chi connectivity index (χ4v) is 2.65. The topological polar surface area (TPSA) is 87.7 Å². The second-order valence-electron chi connectivity index (χ2n) is 6.60. The molecule has 1 rings (SSSR count). The lowest BCUT2D eigenvalue weighted by molar-refractivity contribution is -0.138. The van der Waals surface area contributed by atoms with Crippen LogP contribution in [0.15, 0.2) is 0 Å². The maximum absolute atomic E-state index is 12.0. The summed E-state index contributed by atoms with van der Waals surface area (Å²) >= 11 is 0. The van der Waals surface area contributed by atoms with E-state index in [0.717, 1.165) is 19.3 Å². The monoisotopic (exact) mass is 300 g/mol. The fourth-order valence-electron chi connectivity index (χ4n) is 2.65. The molecule has 1 fully saturated rings. The Morgan fingerprint density at radius 1 is 1.29 bits per heavy atom. The molecule has 3 N–H and O–H groups in total. The van der Waals surface area contributed by atoms with Gasteiger partial charge in [-0.1, -0.05) is 13.8 Å². The van der Waals surface area contributed by atoms with Gasteiger partial charge in [-0.15, -0.1) is 0 Å². The number of hydrogen-bond acceptors (Lipinski definition) is 3. The van der Waals surface area contributed by atoms with Crippen molar-refractivity contribution >= 4 is 12.0 Å². The Labute approximate surface area is 126 Å². The van der Waals surface area contributed by atoms with Crippen LogP contribution in [0.4, 0.5) is 4.79 Å². The summed E-state index contributed by atoms with van der Waals surface area (Å²) in [6.45, 7) is 7.83. The summed E-state index contributed by atoms with van der Waals surface area (Å²) in [6, 6.07) is -0.224. The number of carbonyl (C=O) groups is 2. The number of carboxylic acid groups (broad SMARTS) is 1. The molecule has 0 radical (unpaired) electrons. The zero-order chi connectivity index (χ0) is 15.9. The van der Waals surface area contributed by atoms with Crippen molar-refractivity contribution in [3.8, 4) is 0 Å². The molecule has 1 atom stereocenters. The second kappa shape index (κ2) is 8.22. The number of carboxylic acids is 1. The van der Waals surface area contributed by atoms with Crippen molar-refractivity contribution in [3.05, 3.63) is 0 Å². The van der Waals surface area contributed by atoms with Crippen molar-refractivity contribution in [3.63, 3.8) is 0 Å². The van der Waals surface area contributed by atoms with E-state index in [2.05, 4.69) is 24.5 Å². The van der Waals surface area contributed by atoms with Crippen molar-refractivity contribution in [2.24, 2.45) is 11.8 Å². The Morgan fingerprint density at radius 2 is 1.90 bits per heavy atom. The highest BCUT2D eigenvalue weighted by atomic mass is 16.5. The molecule has 6 nitrogen and oxygen atoms in total. The third-order valence-electron chi connectivity index (χ3n) is 3.83. The number of nitrogens with one attached hydrogen (secondary N) is 2. The Kier molecular flexibility index (Phi) is 6.95. The average molecular weight is 300 g/mol. The molecule has 0 aromatic heterocycles. The highest BCUT2D eigenvalue weighted by molar-refractivity contribution is 5.75. The van der Waals surface area contributed by atoms with Crippen LogP contribution >= 0.6 is 0 Å². The third kappa shape index (κ3) is 7.32. The maximum Gasteiger partial charge on any atom is 0.315 e. The summed E-state index contributed by atoms with van der Waals surface area (Å²) in [7, 11) is 0. The first-order chi connectivity index (χ1) is 9.81. The molecule has 6 heteroatoms. The van der Waals surface area contributed by atoms with Gasteiger partial charge in [0.25, 0.3) is 0 Å². The largest absolute Gasteiger partial charge is 0.481 e. The highest BCUT2D eigenvalue weighted by Crippen LogP contribution is 2.19. The van der Waals surface area contributed by atoms with Crippen LogP contribution in [0.2, 0.25) is 0 Å². The lowest BCUT2D eigenvalue weighted by atomic mass is 9.92. The van der Waals surface area contributed by atoms with Crippen molar-refractivity contribution < 1.29 is 19.4 Å². The van der Waals surface area contributed by atoms with E-state index < -0.39 is 5.97 Å². The molecular formula is C15H28N2O4. The summed E-state index contributed by atoms with van der Waals surface area (Å²) in [6.07, 6.45) is 2.47. The van der Waals surface area contributed by atoms with Crippen LogP contribution in [0.25, 0.3) is 0 Å². The molecule has 21 heavy (non-hydrogen) atoms. The van der Waals surface area contributed by atoms with Gasteiger partial charge in [0.1, 0.15) is 0 Å². The molecule has 122 valence electrons. The SMILES string of the molecule is CC(C)C[C@H](CNC(=O)NC1(C)CCOCC1)CC(=O)O. The lowest BCUT2D eigenvalue weighted by Gasteiger charge is -2.34. The number of urea groups is 1. The molecule has 0 aromatic rings. The van der Waals surface area contributed by atoms with E-state index in [1.165, 1.54) is 0 Å². The van der Waals surface area contributed by atoms with Gasteiger partial charge in [-0.05, 0) is 38.0 Å². The number of amides is 2. The van der Waals surface area contributed by atoms with Crippen molar-refractivity contribution in [2.45, 2.75) is 52.0 Å². The highest BCUT2D eigenvalue weighted by Gasteiger charge is 2.29. The number of hydrogen-bond donors (Lipinski definition) is 3. The summed E-state index contributed by atoms with van der Waals surface area (Å²) < 4.78 is 5.30. The molecule has 1 saturated heterocycles. The van der Waals surface area contributed by atoms with E-state index in [1.54, 1.807) is 0 Å². The predicted molar refractivity (Wildman–Crippen MR) is 80.2 cm³/mol. The molecule has 1 aliphatic rings. The van der Waals surface area contributed by atoms with Gasteiger partial charge in [-0.25, -0.2) is 4.79 Å². The first-order valence-corrected chi connectivity index (χ1v) is 7.66.